The third-order valence-corrected chi connectivity index (χ3v) is 8.12. The predicted molar refractivity (Wildman–Crippen MR) is 135 cm³/mol. The maximum Gasteiger partial charge on any atom is 0.407 e. The van der Waals surface area contributed by atoms with Gasteiger partial charge in [0.2, 0.25) is 17.7 Å². The second-order valence-electron chi connectivity index (χ2n) is 11.6. The molecule has 2 heterocycles. The number of hydrogen-bond donors (Lipinski definition) is 3. The number of nitrogens with one attached hydrogen (secondary N) is 3. The summed E-state index contributed by atoms with van der Waals surface area (Å²) < 4.78 is 5.41. The molecule has 10 nitrogen and oxygen atoms in total. The fourth-order valence-electron chi connectivity index (χ4n) is 6.22. The van der Waals surface area contributed by atoms with Crippen molar-refractivity contribution in [3.8, 4) is 0 Å². The average Bonchev–Trinajstić information content (AvgIpc) is 3.63. The molecule has 3 N–H and O–H groups in total. The quantitative estimate of drug-likeness (QED) is 0.265. The number of hydrogen-bond acceptors (Lipinski definition) is 6. The van der Waals surface area contributed by atoms with E-state index in [9.17, 15) is 24.0 Å². The summed E-state index contributed by atoms with van der Waals surface area (Å²) >= 11 is 0. The molecule has 2 aliphatic carbocycles. The Morgan fingerprint density at radius 1 is 1.22 bits per heavy atom. The molecule has 2 aliphatic heterocycles. The lowest BCUT2D eigenvalue weighted by molar-refractivity contribution is -0.128. The van der Waals surface area contributed by atoms with Gasteiger partial charge in [0, 0.05) is 37.9 Å². The zero-order valence-corrected chi connectivity index (χ0v) is 21.8. The number of likely N-dealkylation sites (tertiary alicyclic amines) is 1. The number of nitrogens with zero attached hydrogens (tertiary/aromatic N) is 1. The number of carbonyl (C=O) groups is 5. The van der Waals surface area contributed by atoms with E-state index >= 15 is 0 Å². The zero-order valence-electron chi connectivity index (χ0n) is 21.8. The molecule has 4 aliphatic rings. The second-order valence-corrected chi connectivity index (χ2v) is 11.6. The van der Waals surface area contributed by atoms with E-state index in [-0.39, 0.29) is 42.6 Å². The van der Waals surface area contributed by atoms with Gasteiger partial charge >= 0.3 is 6.09 Å². The number of rotatable bonds is 12. The maximum absolute atomic E-state index is 12.9. The highest BCUT2D eigenvalue weighted by Gasteiger charge is 2.39. The molecule has 37 heavy (non-hydrogen) atoms. The fourth-order valence-corrected chi connectivity index (χ4v) is 6.22. The van der Waals surface area contributed by atoms with Crippen molar-refractivity contribution in [2.75, 3.05) is 26.2 Å². The van der Waals surface area contributed by atoms with Gasteiger partial charge in [-0.25, -0.2) is 4.79 Å². The van der Waals surface area contributed by atoms with E-state index in [0.29, 0.717) is 56.4 Å². The highest BCUT2D eigenvalue weighted by atomic mass is 16.5. The van der Waals surface area contributed by atoms with Crippen LogP contribution in [-0.2, 0) is 23.9 Å². The topological polar surface area (TPSA) is 134 Å². The van der Waals surface area contributed by atoms with Crippen LogP contribution in [-0.4, -0.2) is 73.3 Å². The van der Waals surface area contributed by atoms with E-state index in [0.717, 1.165) is 13.0 Å². The van der Waals surface area contributed by atoms with E-state index in [1.54, 1.807) is 0 Å². The first-order valence-electron chi connectivity index (χ1n) is 13.6. The summed E-state index contributed by atoms with van der Waals surface area (Å²) in [5.74, 6) is 0.999. The first kappa shape index (κ1) is 27.1. The highest BCUT2D eigenvalue weighted by molar-refractivity contribution is 5.88. The van der Waals surface area contributed by atoms with Crippen LogP contribution in [0.15, 0.2) is 12.2 Å². The Kier molecular flexibility index (Phi) is 8.87. The first-order valence-corrected chi connectivity index (χ1v) is 13.6. The molecule has 4 rings (SSSR count). The standard InChI is InChI=1S/C27H40N4O6/c1-16(2)7-23(26(35)29-22(14-32)11-20-5-6-28-25(20)34)30-27(36)37-15-18-10-24(33)31(12-18)13-21-9-17-3-4-19(21)8-17/h3-4,14,16-23H,5-13,15H2,1-2H3,(H,28,34)(H,29,35)(H,30,36)/t17?,18?,19?,20-,21?,22-,23-/m0/s1. The van der Waals surface area contributed by atoms with Gasteiger partial charge in [-0.1, -0.05) is 26.0 Å². The summed E-state index contributed by atoms with van der Waals surface area (Å²) in [5.41, 5.74) is 0. The summed E-state index contributed by atoms with van der Waals surface area (Å²) in [5, 5.41) is 8.02. The molecular weight excluding hydrogens is 476 g/mol. The summed E-state index contributed by atoms with van der Waals surface area (Å²) in [6.45, 7) is 5.87. The van der Waals surface area contributed by atoms with Crippen LogP contribution in [0.5, 0.6) is 0 Å². The molecule has 10 heteroatoms. The van der Waals surface area contributed by atoms with Crippen molar-refractivity contribution in [1.82, 2.24) is 20.9 Å². The summed E-state index contributed by atoms with van der Waals surface area (Å²) in [6.07, 6.45) is 8.41. The molecule has 0 aromatic rings. The van der Waals surface area contributed by atoms with Crippen LogP contribution in [0.25, 0.3) is 0 Å². The number of carbonyl (C=O) groups excluding carboxylic acids is 5. The highest BCUT2D eigenvalue weighted by Crippen LogP contribution is 2.44. The Bertz CT molecular complexity index is 921. The van der Waals surface area contributed by atoms with Gasteiger partial charge in [0.15, 0.2) is 0 Å². The van der Waals surface area contributed by atoms with E-state index in [1.807, 2.05) is 18.7 Å². The van der Waals surface area contributed by atoms with Crippen LogP contribution in [0.3, 0.4) is 0 Å². The molecule has 4 unspecified atom stereocenters. The molecule has 0 spiro atoms. The lowest BCUT2D eigenvalue weighted by Gasteiger charge is -2.25. The van der Waals surface area contributed by atoms with E-state index in [4.69, 9.17) is 4.74 Å². The lowest BCUT2D eigenvalue weighted by atomic mass is 9.93. The molecule has 4 amide bonds. The number of ether oxygens (including phenoxy) is 1. The van der Waals surface area contributed by atoms with Gasteiger partial charge in [0.25, 0.3) is 0 Å². The van der Waals surface area contributed by atoms with Gasteiger partial charge in [-0.2, -0.15) is 0 Å². The zero-order chi connectivity index (χ0) is 26.5. The predicted octanol–water partition coefficient (Wildman–Crippen LogP) is 1.40. The van der Waals surface area contributed by atoms with Crippen molar-refractivity contribution in [2.45, 2.75) is 64.5 Å². The van der Waals surface area contributed by atoms with E-state index < -0.39 is 24.1 Å². The Balaban J connectivity index is 1.22. The van der Waals surface area contributed by atoms with Crippen LogP contribution in [0.2, 0.25) is 0 Å². The van der Waals surface area contributed by atoms with Gasteiger partial charge in [0.05, 0.1) is 12.6 Å². The van der Waals surface area contributed by atoms with Crippen LogP contribution < -0.4 is 16.0 Å². The van der Waals surface area contributed by atoms with Gasteiger partial charge in [0.1, 0.15) is 12.3 Å². The smallest absolute Gasteiger partial charge is 0.407 e. The Morgan fingerprint density at radius 3 is 2.65 bits per heavy atom. The van der Waals surface area contributed by atoms with Crippen LogP contribution in [0, 0.1) is 35.5 Å². The number of allylic oxidation sites excluding steroid dienone is 2. The lowest BCUT2D eigenvalue weighted by Crippen LogP contribution is -2.51. The van der Waals surface area contributed by atoms with Crippen molar-refractivity contribution in [2.24, 2.45) is 35.5 Å². The van der Waals surface area contributed by atoms with Crippen LogP contribution in [0.1, 0.15) is 52.4 Å². The van der Waals surface area contributed by atoms with Gasteiger partial charge in [-0.15, -0.1) is 0 Å². The Morgan fingerprint density at radius 2 is 2.03 bits per heavy atom. The van der Waals surface area contributed by atoms with Crippen molar-refractivity contribution in [1.29, 1.82) is 0 Å². The minimum atomic E-state index is -0.875. The maximum atomic E-state index is 12.9. The molecule has 3 fully saturated rings. The summed E-state index contributed by atoms with van der Waals surface area (Å²) in [4.78, 5) is 63.3. The Hall–Kier alpha value is -2.91. The molecule has 204 valence electrons. The molecule has 1 saturated carbocycles. The van der Waals surface area contributed by atoms with Crippen LogP contribution in [0.4, 0.5) is 4.79 Å². The van der Waals surface area contributed by atoms with Crippen molar-refractivity contribution >= 4 is 30.1 Å². The minimum Gasteiger partial charge on any atom is -0.449 e. The molecule has 7 atom stereocenters. The van der Waals surface area contributed by atoms with Gasteiger partial charge < -0.3 is 30.4 Å². The van der Waals surface area contributed by atoms with Crippen molar-refractivity contribution in [3.05, 3.63) is 12.2 Å². The second kappa shape index (κ2) is 12.1. The normalized spacial score (nSPS) is 29.9. The van der Waals surface area contributed by atoms with Crippen molar-refractivity contribution in [3.63, 3.8) is 0 Å². The van der Waals surface area contributed by atoms with Crippen LogP contribution >= 0.6 is 0 Å². The summed E-state index contributed by atoms with van der Waals surface area (Å²) in [7, 11) is 0. The third-order valence-electron chi connectivity index (χ3n) is 8.12. The summed E-state index contributed by atoms with van der Waals surface area (Å²) in [6, 6.07) is -1.69. The van der Waals surface area contributed by atoms with E-state index in [2.05, 4.69) is 28.1 Å². The molecule has 2 bridgehead atoms. The SMILES string of the molecule is CC(C)C[C@H](NC(=O)OCC1CC(=O)N(CC2CC3C=CC2C3)C1)C(=O)N[C@H](C=O)C[C@@H]1CCNC1=O. The number of amides is 4. The molecule has 0 aromatic heterocycles. The minimum absolute atomic E-state index is 0.0678. The fraction of sp³-hybridized carbons (Fsp3) is 0.741. The number of fused-ring (bicyclic) bond motifs is 2. The molecule has 2 saturated heterocycles. The average molecular weight is 517 g/mol. The number of alkyl carbamates (subject to hydrolysis) is 1. The molecule has 0 radical (unpaired) electrons. The Labute approximate surface area is 218 Å². The van der Waals surface area contributed by atoms with Gasteiger partial charge in [-0.3, -0.25) is 14.4 Å². The first-order chi connectivity index (χ1) is 17.7. The van der Waals surface area contributed by atoms with Crippen molar-refractivity contribution < 1.29 is 28.7 Å². The molecular formula is C27H40N4O6. The third kappa shape index (κ3) is 7.11. The largest absolute Gasteiger partial charge is 0.449 e. The van der Waals surface area contributed by atoms with Gasteiger partial charge in [-0.05, 0) is 55.8 Å². The molecule has 0 aromatic carbocycles. The van der Waals surface area contributed by atoms with E-state index in [1.165, 1.54) is 6.42 Å². The number of aldehydes is 1. The monoisotopic (exact) mass is 516 g/mol.